The Balaban J connectivity index is 1.54. The van der Waals surface area contributed by atoms with Crippen LogP contribution in [0.5, 0.6) is 0 Å². The van der Waals surface area contributed by atoms with Crippen molar-refractivity contribution in [1.29, 1.82) is 0 Å². The van der Waals surface area contributed by atoms with Crippen molar-refractivity contribution in [3.8, 4) is 0 Å². The smallest absolute Gasteiger partial charge is 0.137 e. The fourth-order valence-corrected chi connectivity index (χ4v) is 3.09. The Morgan fingerprint density at radius 2 is 2.14 bits per heavy atom. The summed E-state index contributed by atoms with van der Waals surface area (Å²) in [6.07, 6.45) is 5.01. The van der Waals surface area contributed by atoms with Crippen LogP contribution in [0.1, 0.15) is 24.5 Å². The molecule has 0 radical (unpaired) electrons. The molecular weight excluding hydrogens is 283 g/mol. The molecule has 0 aliphatic carbocycles. The van der Waals surface area contributed by atoms with E-state index in [1.54, 1.807) is 24.8 Å². The van der Waals surface area contributed by atoms with Gasteiger partial charge in [0.25, 0.3) is 0 Å². The maximum Gasteiger partial charge on any atom is 0.137 e. The van der Waals surface area contributed by atoms with Gasteiger partial charge in [-0.1, -0.05) is 12.1 Å². The highest BCUT2D eigenvalue weighted by molar-refractivity contribution is 5.18. The van der Waals surface area contributed by atoms with Gasteiger partial charge in [0, 0.05) is 19.6 Å². The molecule has 2 aromatic rings. The highest BCUT2D eigenvalue weighted by atomic mass is 19.1. The molecule has 6 heteroatoms. The number of rotatable bonds is 5. The van der Waals surface area contributed by atoms with Crippen LogP contribution in [0.25, 0.3) is 0 Å². The van der Waals surface area contributed by atoms with Crippen molar-refractivity contribution in [2.24, 2.45) is 5.92 Å². The van der Waals surface area contributed by atoms with Crippen LogP contribution in [-0.4, -0.2) is 44.4 Å². The van der Waals surface area contributed by atoms with Crippen LogP contribution in [0.2, 0.25) is 0 Å². The van der Waals surface area contributed by atoms with Crippen molar-refractivity contribution in [3.05, 3.63) is 48.3 Å². The number of piperidine rings is 1. The van der Waals surface area contributed by atoms with E-state index in [2.05, 4.69) is 15.0 Å². The molecule has 1 aliphatic rings. The summed E-state index contributed by atoms with van der Waals surface area (Å²) >= 11 is 0. The SMILES string of the molecule is O[C@@H](CN1CCC[C@H](Cn2cncn2)C1)c1ccc(F)cc1. The van der Waals surface area contributed by atoms with Crippen LogP contribution >= 0.6 is 0 Å². The Kier molecular flexibility index (Phi) is 4.80. The van der Waals surface area contributed by atoms with Crippen LogP contribution in [0.3, 0.4) is 0 Å². The number of hydrogen-bond acceptors (Lipinski definition) is 4. The summed E-state index contributed by atoms with van der Waals surface area (Å²) in [6, 6.07) is 6.08. The van der Waals surface area contributed by atoms with E-state index in [0.717, 1.165) is 31.6 Å². The van der Waals surface area contributed by atoms with Crippen LogP contribution in [0.4, 0.5) is 4.39 Å². The van der Waals surface area contributed by atoms with E-state index in [9.17, 15) is 9.50 Å². The molecule has 1 aromatic heterocycles. The Hall–Kier alpha value is -1.79. The summed E-state index contributed by atoms with van der Waals surface area (Å²) in [7, 11) is 0. The lowest BCUT2D eigenvalue weighted by Gasteiger charge is -2.33. The number of β-amino-alcohol motifs (C(OH)–C–C–N with tert-alkyl or cyclic N) is 1. The summed E-state index contributed by atoms with van der Waals surface area (Å²) in [6.45, 7) is 3.38. The van der Waals surface area contributed by atoms with Crippen LogP contribution in [0, 0.1) is 11.7 Å². The first kappa shape index (κ1) is 15.1. The standard InChI is InChI=1S/C16H21FN4O/c17-15-5-3-14(4-6-15)16(22)10-20-7-1-2-13(8-20)9-21-12-18-11-19-21/h3-6,11-13,16,22H,1-2,7-10H2/t13-,16-/m0/s1. The Bertz CT molecular complexity index is 572. The molecule has 5 nitrogen and oxygen atoms in total. The second-order valence-corrected chi connectivity index (χ2v) is 5.95. The second kappa shape index (κ2) is 6.98. The molecule has 0 amide bonds. The zero-order chi connectivity index (χ0) is 15.4. The van der Waals surface area contributed by atoms with Gasteiger partial charge in [0.2, 0.25) is 0 Å². The van der Waals surface area contributed by atoms with Gasteiger partial charge in [0.05, 0.1) is 6.10 Å². The summed E-state index contributed by atoms with van der Waals surface area (Å²) in [4.78, 5) is 6.25. The highest BCUT2D eigenvalue weighted by Crippen LogP contribution is 2.21. The molecule has 2 heterocycles. The molecular formula is C16H21FN4O. The van der Waals surface area contributed by atoms with E-state index in [1.807, 2.05) is 4.68 Å². The molecule has 22 heavy (non-hydrogen) atoms. The first-order valence-electron chi connectivity index (χ1n) is 7.69. The predicted molar refractivity (Wildman–Crippen MR) is 80.5 cm³/mol. The Labute approximate surface area is 129 Å². The van der Waals surface area contributed by atoms with E-state index in [-0.39, 0.29) is 5.82 Å². The molecule has 118 valence electrons. The molecule has 0 spiro atoms. The number of aromatic nitrogens is 3. The average Bonchev–Trinajstić information content (AvgIpc) is 3.01. The fraction of sp³-hybridized carbons (Fsp3) is 0.500. The van der Waals surface area contributed by atoms with Gasteiger partial charge in [-0.05, 0) is 43.0 Å². The lowest BCUT2D eigenvalue weighted by molar-refractivity contribution is 0.0799. The van der Waals surface area contributed by atoms with Crippen LogP contribution in [0.15, 0.2) is 36.9 Å². The summed E-state index contributed by atoms with van der Waals surface area (Å²) < 4.78 is 14.8. The Morgan fingerprint density at radius 1 is 1.32 bits per heavy atom. The van der Waals surface area contributed by atoms with Gasteiger partial charge < -0.3 is 10.0 Å². The van der Waals surface area contributed by atoms with Gasteiger partial charge in [-0.25, -0.2) is 9.37 Å². The van der Waals surface area contributed by atoms with Crippen molar-refractivity contribution in [2.45, 2.75) is 25.5 Å². The first-order chi connectivity index (χ1) is 10.7. The molecule has 1 saturated heterocycles. The minimum Gasteiger partial charge on any atom is -0.387 e. The number of nitrogens with zero attached hydrogens (tertiary/aromatic N) is 4. The third-order valence-electron chi connectivity index (χ3n) is 4.20. The quantitative estimate of drug-likeness (QED) is 0.916. The Morgan fingerprint density at radius 3 is 2.86 bits per heavy atom. The predicted octanol–water partition coefficient (Wildman–Crippen LogP) is 1.86. The molecule has 1 aromatic carbocycles. The molecule has 0 saturated carbocycles. The van der Waals surface area contributed by atoms with E-state index in [0.29, 0.717) is 12.5 Å². The molecule has 0 bridgehead atoms. The van der Waals surface area contributed by atoms with Gasteiger partial charge in [-0.3, -0.25) is 4.68 Å². The average molecular weight is 304 g/mol. The summed E-state index contributed by atoms with van der Waals surface area (Å²) in [5.41, 5.74) is 0.764. The number of hydrogen-bond donors (Lipinski definition) is 1. The molecule has 1 aliphatic heterocycles. The summed E-state index contributed by atoms with van der Waals surface area (Å²) in [5.74, 6) is 0.248. The fourth-order valence-electron chi connectivity index (χ4n) is 3.09. The highest BCUT2D eigenvalue weighted by Gasteiger charge is 2.22. The maximum atomic E-state index is 12.9. The number of aliphatic hydroxyl groups is 1. The number of aliphatic hydroxyl groups excluding tert-OH is 1. The van der Waals surface area contributed by atoms with Crippen LogP contribution in [-0.2, 0) is 6.54 Å². The lowest BCUT2D eigenvalue weighted by Crippen LogP contribution is -2.39. The zero-order valence-corrected chi connectivity index (χ0v) is 12.5. The van der Waals surface area contributed by atoms with Gasteiger partial charge in [0.1, 0.15) is 18.5 Å². The van der Waals surface area contributed by atoms with E-state index in [4.69, 9.17) is 0 Å². The summed E-state index contributed by atoms with van der Waals surface area (Å²) in [5, 5.41) is 14.5. The third kappa shape index (κ3) is 3.90. The number of halogens is 1. The van der Waals surface area contributed by atoms with Crippen LogP contribution < -0.4 is 0 Å². The topological polar surface area (TPSA) is 54.2 Å². The van der Waals surface area contributed by atoms with E-state index >= 15 is 0 Å². The third-order valence-corrected chi connectivity index (χ3v) is 4.20. The van der Waals surface area contributed by atoms with E-state index in [1.165, 1.54) is 18.6 Å². The van der Waals surface area contributed by atoms with Gasteiger partial charge in [-0.2, -0.15) is 5.10 Å². The molecule has 0 unspecified atom stereocenters. The largest absolute Gasteiger partial charge is 0.387 e. The van der Waals surface area contributed by atoms with Crippen molar-refractivity contribution in [3.63, 3.8) is 0 Å². The second-order valence-electron chi connectivity index (χ2n) is 5.95. The van der Waals surface area contributed by atoms with E-state index < -0.39 is 6.10 Å². The van der Waals surface area contributed by atoms with Gasteiger partial charge >= 0.3 is 0 Å². The van der Waals surface area contributed by atoms with Crippen molar-refractivity contribution in [1.82, 2.24) is 19.7 Å². The normalized spacial score (nSPS) is 20.9. The molecule has 2 atom stereocenters. The number of likely N-dealkylation sites (tertiary alicyclic amines) is 1. The lowest BCUT2D eigenvalue weighted by atomic mass is 9.97. The van der Waals surface area contributed by atoms with Crippen molar-refractivity contribution >= 4 is 0 Å². The molecule has 3 rings (SSSR count). The molecule has 1 N–H and O–H groups in total. The minimum atomic E-state index is -0.578. The van der Waals surface area contributed by atoms with Crippen molar-refractivity contribution in [2.75, 3.05) is 19.6 Å². The van der Waals surface area contributed by atoms with Crippen molar-refractivity contribution < 1.29 is 9.50 Å². The van der Waals surface area contributed by atoms with Gasteiger partial charge in [0.15, 0.2) is 0 Å². The maximum absolute atomic E-state index is 12.9. The number of benzene rings is 1. The zero-order valence-electron chi connectivity index (χ0n) is 12.5. The minimum absolute atomic E-state index is 0.276. The first-order valence-corrected chi connectivity index (χ1v) is 7.69. The molecule has 1 fully saturated rings. The monoisotopic (exact) mass is 304 g/mol. The van der Waals surface area contributed by atoms with Gasteiger partial charge in [-0.15, -0.1) is 0 Å².